The van der Waals surface area contributed by atoms with Crippen LogP contribution in [0.25, 0.3) is 0 Å². The molecule has 0 aromatic rings. The van der Waals surface area contributed by atoms with Crippen molar-refractivity contribution < 1.29 is 0 Å². The lowest BCUT2D eigenvalue weighted by Gasteiger charge is -2.18. The molecular weight excluding hydrogens is 190 g/mol. The van der Waals surface area contributed by atoms with Gasteiger partial charge in [0.1, 0.15) is 0 Å². The normalized spacial score (nSPS) is 32.4. The predicted octanol–water partition coefficient (Wildman–Crippen LogP) is 2.11. The molecule has 0 aliphatic carbocycles. The fraction of sp³-hybridized carbons (Fsp3) is 1.00. The van der Waals surface area contributed by atoms with Crippen molar-refractivity contribution in [3.63, 3.8) is 0 Å². The van der Waals surface area contributed by atoms with Gasteiger partial charge >= 0.3 is 0 Å². The van der Waals surface area contributed by atoms with Crippen LogP contribution in [0.3, 0.4) is 0 Å². The fourth-order valence-electron chi connectivity index (χ4n) is 1.17. The van der Waals surface area contributed by atoms with Gasteiger partial charge in [0.15, 0.2) is 0 Å². The van der Waals surface area contributed by atoms with Crippen molar-refractivity contribution >= 4 is 15.9 Å². The van der Waals surface area contributed by atoms with E-state index in [1.165, 1.54) is 13.1 Å². The third-order valence-electron chi connectivity index (χ3n) is 1.68. The summed E-state index contributed by atoms with van der Waals surface area (Å²) in [5, 5.41) is 1.14. The molecule has 1 heterocycles. The van der Waals surface area contributed by atoms with E-state index in [0.29, 0.717) is 5.41 Å². The zero-order valence-electron chi connectivity index (χ0n) is 7.02. The second-order valence-electron chi connectivity index (χ2n) is 4.30. The highest BCUT2D eigenvalue weighted by atomic mass is 79.9. The fourth-order valence-corrected chi connectivity index (χ4v) is 1.79. The summed E-state index contributed by atoms with van der Waals surface area (Å²) in [4.78, 5) is 2.51. The van der Waals surface area contributed by atoms with E-state index in [1.807, 2.05) is 0 Å². The standard InChI is InChI=1S/C8H16BrN/c1-8(2,3)6-10-5-7(10)4-9/h7H,4-6H2,1-3H3. The Balaban J connectivity index is 2.18. The number of alkyl halides is 1. The highest BCUT2D eigenvalue weighted by molar-refractivity contribution is 9.09. The monoisotopic (exact) mass is 205 g/mol. The first-order chi connectivity index (χ1) is 4.53. The van der Waals surface area contributed by atoms with Crippen molar-refractivity contribution in [1.29, 1.82) is 0 Å². The van der Waals surface area contributed by atoms with E-state index in [1.54, 1.807) is 0 Å². The molecule has 0 spiro atoms. The van der Waals surface area contributed by atoms with Crippen LogP contribution in [-0.2, 0) is 0 Å². The Morgan fingerprint density at radius 3 is 2.40 bits per heavy atom. The second-order valence-corrected chi connectivity index (χ2v) is 4.95. The van der Waals surface area contributed by atoms with Crippen LogP contribution in [0.1, 0.15) is 20.8 Å². The van der Waals surface area contributed by atoms with Crippen molar-refractivity contribution in [2.45, 2.75) is 26.8 Å². The van der Waals surface area contributed by atoms with Crippen LogP contribution in [0.2, 0.25) is 0 Å². The third kappa shape index (κ3) is 2.59. The summed E-state index contributed by atoms with van der Waals surface area (Å²) in [7, 11) is 0. The van der Waals surface area contributed by atoms with Gasteiger partial charge in [0.05, 0.1) is 0 Å². The van der Waals surface area contributed by atoms with Crippen molar-refractivity contribution in [2.75, 3.05) is 18.4 Å². The average Bonchev–Trinajstić information content (AvgIpc) is 2.42. The van der Waals surface area contributed by atoms with Crippen LogP contribution < -0.4 is 0 Å². The first-order valence-electron chi connectivity index (χ1n) is 3.83. The number of nitrogens with zero attached hydrogens (tertiary/aromatic N) is 1. The van der Waals surface area contributed by atoms with Crippen LogP contribution in [0.15, 0.2) is 0 Å². The molecule has 0 aromatic carbocycles. The molecule has 1 saturated heterocycles. The molecule has 10 heavy (non-hydrogen) atoms. The zero-order valence-corrected chi connectivity index (χ0v) is 8.61. The van der Waals surface area contributed by atoms with Crippen molar-refractivity contribution in [2.24, 2.45) is 5.41 Å². The zero-order chi connectivity index (χ0) is 7.78. The Morgan fingerprint density at radius 2 is 2.10 bits per heavy atom. The van der Waals surface area contributed by atoms with Gasteiger partial charge in [-0.3, -0.25) is 4.90 Å². The summed E-state index contributed by atoms with van der Waals surface area (Å²) in [5.41, 5.74) is 0.469. The summed E-state index contributed by atoms with van der Waals surface area (Å²) in [6.45, 7) is 9.40. The van der Waals surface area contributed by atoms with Crippen molar-refractivity contribution in [1.82, 2.24) is 4.90 Å². The summed E-state index contributed by atoms with van der Waals surface area (Å²) < 4.78 is 0. The maximum atomic E-state index is 3.48. The maximum absolute atomic E-state index is 3.48. The first-order valence-corrected chi connectivity index (χ1v) is 4.95. The van der Waals surface area contributed by atoms with Gasteiger partial charge in [-0.05, 0) is 5.41 Å². The minimum Gasteiger partial charge on any atom is -0.296 e. The lowest BCUT2D eigenvalue weighted by molar-refractivity contribution is 0.312. The molecule has 0 bridgehead atoms. The molecule has 2 heteroatoms. The third-order valence-corrected chi connectivity index (χ3v) is 2.43. The Labute approximate surface area is 71.9 Å². The Morgan fingerprint density at radius 1 is 1.50 bits per heavy atom. The highest BCUT2D eigenvalue weighted by Crippen LogP contribution is 2.25. The molecule has 1 aliphatic heterocycles. The van der Waals surface area contributed by atoms with E-state index in [4.69, 9.17) is 0 Å². The van der Waals surface area contributed by atoms with Crippen molar-refractivity contribution in [3.8, 4) is 0 Å². The van der Waals surface area contributed by atoms with Gasteiger partial charge < -0.3 is 0 Å². The molecule has 1 aliphatic rings. The molecule has 1 fully saturated rings. The van der Waals surface area contributed by atoms with Gasteiger partial charge in [-0.1, -0.05) is 36.7 Å². The van der Waals surface area contributed by atoms with Crippen LogP contribution in [0, 0.1) is 5.41 Å². The lowest BCUT2D eigenvalue weighted by atomic mass is 9.97. The van der Waals surface area contributed by atoms with E-state index in [-0.39, 0.29) is 0 Å². The quantitative estimate of drug-likeness (QED) is 0.494. The Bertz CT molecular complexity index is 117. The van der Waals surface area contributed by atoms with Crippen LogP contribution in [-0.4, -0.2) is 29.4 Å². The summed E-state index contributed by atoms with van der Waals surface area (Å²) in [6.07, 6.45) is 0. The topological polar surface area (TPSA) is 3.01 Å². The van der Waals surface area contributed by atoms with Crippen LogP contribution in [0.5, 0.6) is 0 Å². The molecule has 1 nitrogen and oxygen atoms in total. The first kappa shape index (κ1) is 8.54. The summed E-state index contributed by atoms with van der Waals surface area (Å²) >= 11 is 3.48. The van der Waals surface area contributed by atoms with Crippen molar-refractivity contribution in [3.05, 3.63) is 0 Å². The number of rotatable bonds is 2. The molecule has 0 saturated carbocycles. The number of hydrogen-bond acceptors (Lipinski definition) is 1. The molecule has 2 atom stereocenters. The second kappa shape index (κ2) is 2.82. The van der Waals surface area contributed by atoms with Crippen LogP contribution >= 0.6 is 15.9 Å². The van der Waals surface area contributed by atoms with E-state index in [2.05, 4.69) is 41.6 Å². The molecular formula is C8H16BrN. The van der Waals surface area contributed by atoms with E-state index in [9.17, 15) is 0 Å². The molecule has 0 radical (unpaired) electrons. The van der Waals surface area contributed by atoms with E-state index < -0.39 is 0 Å². The van der Waals surface area contributed by atoms with E-state index >= 15 is 0 Å². The van der Waals surface area contributed by atoms with Gasteiger partial charge in [0.25, 0.3) is 0 Å². The minimum atomic E-state index is 0.469. The smallest absolute Gasteiger partial charge is 0.0321 e. The predicted molar refractivity (Wildman–Crippen MR) is 48.6 cm³/mol. The van der Waals surface area contributed by atoms with Gasteiger partial charge in [-0.25, -0.2) is 0 Å². The molecule has 0 N–H and O–H groups in total. The molecule has 60 valence electrons. The lowest BCUT2D eigenvalue weighted by Crippen LogP contribution is -2.20. The summed E-state index contributed by atoms with van der Waals surface area (Å²) in [5.74, 6) is 0. The van der Waals surface area contributed by atoms with Gasteiger partial charge in [0, 0.05) is 24.5 Å². The Hall–Kier alpha value is 0.440. The largest absolute Gasteiger partial charge is 0.296 e. The highest BCUT2D eigenvalue weighted by Gasteiger charge is 2.34. The van der Waals surface area contributed by atoms with Gasteiger partial charge in [-0.2, -0.15) is 0 Å². The molecule has 2 unspecified atom stereocenters. The average molecular weight is 206 g/mol. The summed E-state index contributed by atoms with van der Waals surface area (Å²) in [6, 6.07) is 0.833. The minimum absolute atomic E-state index is 0.469. The van der Waals surface area contributed by atoms with Gasteiger partial charge in [-0.15, -0.1) is 0 Å². The molecule has 1 rings (SSSR count). The van der Waals surface area contributed by atoms with E-state index in [0.717, 1.165) is 11.4 Å². The maximum Gasteiger partial charge on any atom is 0.0321 e. The van der Waals surface area contributed by atoms with Gasteiger partial charge in [0.2, 0.25) is 0 Å². The Kier molecular flexibility index (Phi) is 2.41. The van der Waals surface area contributed by atoms with Crippen LogP contribution in [0.4, 0.5) is 0 Å². The molecule has 0 aromatic heterocycles. The molecule has 0 amide bonds. The SMILES string of the molecule is CC(C)(C)CN1CC1CBr. The number of hydrogen-bond donors (Lipinski definition) is 0. The number of halogens is 1.